The Kier molecular flexibility index (Phi) is 3.08. The molecule has 1 fully saturated rings. The third-order valence-corrected chi connectivity index (χ3v) is 3.79. The fourth-order valence-corrected chi connectivity index (χ4v) is 2.68. The van der Waals surface area contributed by atoms with Crippen LogP contribution >= 0.6 is 0 Å². The number of rotatable bonds is 3. The molecule has 0 aromatic carbocycles. The summed E-state index contributed by atoms with van der Waals surface area (Å²) in [4.78, 5) is 14.6. The average Bonchev–Trinajstić information content (AvgIpc) is 2.95. The van der Waals surface area contributed by atoms with E-state index in [0.717, 1.165) is 18.6 Å². The summed E-state index contributed by atoms with van der Waals surface area (Å²) in [6.07, 6.45) is 3.93. The van der Waals surface area contributed by atoms with Crippen molar-refractivity contribution in [1.82, 2.24) is 24.4 Å². The third kappa shape index (κ3) is 2.15. The molecule has 0 spiro atoms. The van der Waals surface area contributed by atoms with Crippen molar-refractivity contribution in [3.05, 3.63) is 12.7 Å². The second-order valence-corrected chi connectivity index (χ2v) is 5.06. The number of likely N-dealkylation sites (tertiary alicyclic amines) is 1. The van der Waals surface area contributed by atoms with Crippen LogP contribution in [0.25, 0.3) is 11.2 Å². The van der Waals surface area contributed by atoms with Crippen LogP contribution in [0.5, 0.6) is 0 Å². The summed E-state index contributed by atoms with van der Waals surface area (Å²) in [5.41, 5.74) is 7.13. The fourth-order valence-electron chi connectivity index (χ4n) is 2.68. The first-order valence-corrected chi connectivity index (χ1v) is 6.50. The van der Waals surface area contributed by atoms with Crippen molar-refractivity contribution in [2.45, 2.75) is 26.1 Å². The molecule has 2 aromatic rings. The van der Waals surface area contributed by atoms with Crippen LogP contribution < -0.4 is 5.73 Å². The third-order valence-electron chi connectivity index (χ3n) is 3.79. The largest absolute Gasteiger partial charge is 0.391 e. The van der Waals surface area contributed by atoms with Gasteiger partial charge in [0, 0.05) is 13.1 Å². The van der Waals surface area contributed by atoms with Crippen LogP contribution in [-0.4, -0.2) is 48.7 Å². The first-order valence-electron chi connectivity index (χ1n) is 6.50. The van der Waals surface area contributed by atoms with Gasteiger partial charge in [0.15, 0.2) is 11.5 Å². The molecule has 102 valence electrons. The molecule has 0 amide bonds. The fraction of sp³-hybridized carbons (Fsp3) is 0.583. The smallest absolute Gasteiger partial charge is 0.166 e. The normalized spacial score (nSPS) is 24.3. The Morgan fingerprint density at radius 2 is 2.21 bits per heavy atom. The summed E-state index contributed by atoms with van der Waals surface area (Å²) >= 11 is 0. The predicted molar refractivity (Wildman–Crippen MR) is 71.1 cm³/mol. The van der Waals surface area contributed by atoms with E-state index < -0.39 is 0 Å². The highest BCUT2D eigenvalue weighted by Gasteiger charge is 2.30. The van der Waals surface area contributed by atoms with E-state index in [9.17, 15) is 5.11 Å². The Balaban J connectivity index is 1.81. The number of nitrogen functional groups attached to an aromatic ring is 1. The molecular weight excluding hydrogens is 244 g/mol. The number of nitrogens with two attached hydrogens (primary N) is 1. The standard InChI is InChI=1S/C12H18N6O/c1-2-8-3-17(4-9(8)19)7-18-6-16-10-11(13)14-5-15-12(10)18/h5-6,8-9,19H,2-4,7H2,1H3,(H2,13,14,15)/t8-,9+/m0/s1. The Labute approximate surface area is 111 Å². The molecule has 3 heterocycles. The quantitative estimate of drug-likeness (QED) is 0.813. The van der Waals surface area contributed by atoms with Crippen LogP contribution in [-0.2, 0) is 6.67 Å². The molecule has 7 nitrogen and oxygen atoms in total. The highest BCUT2D eigenvalue weighted by Crippen LogP contribution is 2.21. The van der Waals surface area contributed by atoms with Crippen molar-refractivity contribution >= 4 is 17.0 Å². The van der Waals surface area contributed by atoms with Gasteiger partial charge in [-0.15, -0.1) is 0 Å². The summed E-state index contributed by atoms with van der Waals surface area (Å²) in [5.74, 6) is 0.756. The molecule has 3 N–H and O–H groups in total. The number of aliphatic hydroxyl groups excluding tert-OH is 1. The summed E-state index contributed by atoms with van der Waals surface area (Å²) in [6, 6.07) is 0. The van der Waals surface area contributed by atoms with Crippen LogP contribution in [0.2, 0.25) is 0 Å². The maximum absolute atomic E-state index is 9.93. The van der Waals surface area contributed by atoms with Gasteiger partial charge in [-0.1, -0.05) is 6.92 Å². The molecule has 1 saturated heterocycles. The minimum atomic E-state index is -0.237. The zero-order valence-corrected chi connectivity index (χ0v) is 10.9. The second kappa shape index (κ2) is 4.75. The van der Waals surface area contributed by atoms with Gasteiger partial charge >= 0.3 is 0 Å². The van der Waals surface area contributed by atoms with Crippen molar-refractivity contribution in [2.75, 3.05) is 18.8 Å². The van der Waals surface area contributed by atoms with Gasteiger partial charge in [0.2, 0.25) is 0 Å². The van der Waals surface area contributed by atoms with Gasteiger partial charge in [0.1, 0.15) is 11.8 Å². The minimum Gasteiger partial charge on any atom is -0.391 e. The van der Waals surface area contributed by atoms with E-state index >= 15 is 0 Å². The second-order valence-electron chi connectivity index (χ2n) is 5.06. The summed E-state index contributed by atoms with van der Waals surface area (Å²) < 4.78 is 1.94. The maximum Gasteiger partial charge on any atom is 0.166 e. The maximum atomic E-state index is 9.93. The van der Waals surface area contributed by atoms with Crippen LogP contribution in [0, 0.1) is 5.92 Å². The van der Waals surface area contributed by atoms with E-state index in [1.165, 1.54) is 6.33 Å². The lowest BCUT2D eigenvalue weighted by Crippen LogP contribution is -2.24. The van der Waals surface area contributed by atoms with Gasteiger partial charge in [-0.3, -0.25) is 4.90 Å². The number of hydrogen-bond donors (Lipinski definition) is 2. The van der Waals surface area contributed by atoms with Crippen molar-refractivity contribution in [2.24, 2.45) is 5.92 Å². The molecule has 1 aliphatic rings. The Morgan fingerprint density at radius 3 is 2.95 bits per heavy atom. The van der Waals surface area contributed by atoms with Gasteiger partial charge < -0.3 is 15.4 Å². The summed E-state index contributed by atoms with van der Waals surface area (Å²) in [6.45, 7) is 4.37. The van der Waals surface area contributed by atoms with Crippen molar-refractivity contribution in [3.8, 4) is 0 Å². The van der Waals surface area contributed by atoms with Crippen molar-refractivity contribution < 1.29 is 5.11 Å². The van der Waals surface area contributed by atoms with E-state index in [1.54, 1.807) is 6.33 Å². The molecular formula is C12H18N6O. The number of aromatic nitrogens is 4. The molecule has 1 aliphatic heterocycles. The molecule has 0 aliphatic carbocycles. The number of anilines is 1. The lowest BCUT2D eigenvalue weighted by atomic mass is 10.0. The number of hydrogen-bond acceptors (Lipinski definition) is 6. The van der Waals surface area contributed by atoms with Crippen molar-refractivity contribution in [3.63, 3.8) is 0 Å². The van der Waals surface area contributed by atoms with Crippen LogP contribution in [0.15, 0.2) is 12.7 Å². The number of nitrogens with zero attached hydrogens (tertiary/aromatic N) is 5. The Morgan fingerprint density at radius 1 is 1.37 bits per heavy atom. The van der Waals surface area contributed by atoms with Gasteiger partial charge in [0.25, 0.3) is 0 Å². The molecule has 0 radical (unpaired) electrons. The topological polar surface area (TPSA) is 93.1 Å². The van der Waals surface area contributed by atoms with Gasteiger partial charge in [-0.25, -0.2) is 15.0 Å². The minimum absolute atomic E-state index is 0.237. The zero-order chi connectivity index (χ0) is 13.4. The molecule has 3 rings (SSSR count). The van der Waals surface area contributed by atoms with E-state index in [1.807, 2.05) is 4.57 Å². The predicted octanol–water partition coefficient (Wildman–Crippen LogP) is 0.0687. The average molecular weight is 262 g/mol. The van der Waals surface area contributed by atoms with Gasteiger partial charge in [-0.05, 0) is 12.3 Å². The van der Waals surface area contributed by atoms with Gasteiger partial charge in [-0.2, -0.15) is 0 Å². The number of β-amino-alcohol motifs (C(OH)–C–C–N with tert-alkyl or cyclic N) is 1. The zero-order valence-electron chi connectivity index (χ0n) is 10.9. The molecule has 0 saturated carbocycles. The summed E-state index contributed by atoms with van der Waals surface area (Å²) in [5, 5.41) is 9.93. The monoisotopic (exact) mass is 262 g/mol. The van der Waals surface area contributed by atoms with Crippen molar-refractivity contribution in [1.29, 1.82) is 0 Å². The number of aliphatic hydroxyl groups is 1. The van der Waals surface area contributed by atoms with E-state index in [2.05, 4.69) is 26.8 Å². The molecule has 19 heavy (non-hydrogen) atoms. The Hall–Kier alpha value is -1.73. The SMILES string of the molecule is CC[C@H]1CN(Cn2cnc3c(N)ncnc32)C[C@H]1O. The Bertz CT molecular complexity index is 583. The highest BCUT2D eigenvalue weighted by atomic mass is 16.3. The lowest BCUT2D eigenvalue weighted by Gasteiger charge is -2.16. The van der Waals surface area contributed by atoms with Crippen LogP contribution in [0.1, 0.15) is 13.3 Å². The lowest BCUT2D eigenvalue weighted by molar-refractivity contribution is 0.137. The molecule has 0 bridgehead atoms. The highest BCUT2D eigenvalue weighted by molar-refractivity contribution is 5.80. The number of imidazole rings is 1. The van der Waals surface area contributed by atoms with Crippen LogP contribution in [0.3, 0.4) is 0 Å². The summed E-state index contributed by atoms with van der Waals surface area (Å²) in [7, 11) is 0. The van der Waals surface area contributed by atoms with E-state index in [4.69, 9.17) is 5.73 Å². The molecule has 0 unspecified atom stereocenters. The molecule has 7 heteroatoms. The van der Waals surface area contributed by atoms with E-state index in [0.29, 0.717) is 30.5 Å². The molecule has 2 aromatic heterocycles. The molecule has 2 atom stereocenters. The van der Waals surface area contributed by atoms with Gasteiger partial charge in [0.05, 0.1) is 19.1 Å². The first-order chi connectivity index (χ1) is 9.19. The van der Waals surface area contributed by atoms with Crippen LogP contribution in [0.4, 0.5) is 5.82 Å². The van der Waals surface area contributed by atoms with E-state index in [-0.39, 0.29) is 6.10 Å². The number of fused-ring (bicyclic) bond motifs is 1. The first kappa shape index (κ1) is 12.3.